The zero-order chi connectivity index (χ0) is 13.2. The smallest absolute Gasteiger partial charge is 0.277 e. The number of hydrogen-bond acceptors (Lipinski definition) is 7. The van der Waals surface area contributed by atoms with Crippen molar-refractivity contribution in [3.63, 3.8) is 0 Å². The molecule has 0 fully saturated rings. The van der Waals surface area contributed by atoms with Gasteiger partial charge in [-0.2, -0.15) is 4.98 Å². The number of rotatable bonds is 3. The molecule has 96 valence electrons. The van der Waals surface area contributed by atoms with E-state index in [0.29, 0.717) is 17.4 Å². The largest absolute Gasteiger partial charge is 0.332 e. The molecular weight excluding hydrogens is 262 g/mol. The molecular formula is C12H11N5OS. The molecule has 0 aliphatic carbocycles. The van der Waals surface area contributed by atoms with E-state index in [4.69, 9.17) is 10.3 Å². The van der Waals surface area contributed by atoms with Gasteiger partial charge in [0.05, 0.1) is 6.04 Å². The maximum atomic E-state index is 5.77. The van der Waals surface area contributed by atoms with Crippen molar-refractivity contribution in [2.45, 2.75) is 13.0 Å². The zero-order valence-corrected chi connectivity index (χ0v) is 11.0. The SMILES string of the molecule is CC(N)c1nc(-c2nc(-c3cccnc3)no2)cs1. The van der Waals surface area contributed by atoms with Gasteiger partial charge in [0.15, 0.2) is 0 Å². The molecule has 0 saturated carbocycles. The lowest BCUT2D eigenvalue weighted by Gasteiger charge is -1.95. The number of pyridine rings is 1. The molecule has 19 heavy (non-hydrogen) atoms. The lowest BCUT2D eigenvalue weighted by molar-refractivity contribution is 0.431. The van der Waals surface area contributed by atoms with Crippen molar-refractivity contribution in [3.05, 3.63) is 34.9 Å². The van der Waals surface area contributed by atoms with E-state index in [1.807, 2.05) is 24.4 Å². The third-order valence-electron chi connectivity index (χ3n) is 2.48. The highest BCUT2D eigenvalue weighted by Gasteiger charge is 2.14. The molecule has 0 spiro atoms. The van der Waals surface area contributed by atoms with E-state index in [2.05, 4.69) is 20.1 Å². The molecule has 1 atom stereocenters. The molecule has 0 radical (unpaired) electrons. The monoisotopic (exact) mass is 273 g/mol. The molecule has 1 unspecified atom stereocenters. The Hall–Kier alpha value is -2.12. The van der Waals surface area contributed by atoms with Crippen LogP contribution in [-0.2, 0) is 0 Å². The first kappa shape index (κ1) is 11.9. The first-order valence-corrected chi connectivity index (χ1v) is 6.57. The maximum Gasteiger partial charge on any atom is 0.277 e. The summed E-state index contributed by atoms with van der Waals surface area (Å²) in [5.74, 6) is 0.889. The van der Waals surface area contributed by atoms with Gasteiger partial charge < -0.3 is 10.3 Å². The standard InChI is InChI=1S/C12H11N5OS/c1-7(13)12-15-9(6-19-12)11-16-10(17-18-11)8-3-2-4-14-5-8/h2-7H,13H2,1H3. The molecule has 3 aromatic heterocycles. The average Bonchev–Trinajstić information content (AvgIpc) is 3.09. The van der Waals surface area contributed by atoms with Crippen molar-refractivity contribution in [2.75, 3.05) is 0 Å². The normalized spacial score (nSPS) is 12.5. The second kappa shape index (κ2) is 4.87. The Bertz CT molecular complexity index is 676. The summed E-state index contributed by atoms with van der Waals surface area (Å²) in [5, 5.41) is 6.63. The Morgan fingerprint density at radius 3 is 2.95 bits per heavy atom. The minimum absolute atomic E-state index is 0.0977. The highest BCUT2D eigenvalue weighted by atomic mass is 32.1. The molecule has 0 amide bonds. The van der Waals surface area contributed by atoms with Crippen molar-refractivity contribution < 1.29 is 4.52 Å². The number of hydrogen-bond donors (Lipinski definition) is 1. The maximum absolute atomic E-state index is 5.77. The lowest BCUT2D eigenvalue weighted by Crippen LogP contribution is -2.03. The molecule has 0 aliphatic heterocycles. The van der Waals surface area contributed by atoms with Crippen LogP contribution < -0.4 is 5.73 Å². The van der Waals surface area contributed by atoms with Gasteiger partial charge in [0.1, 0.15) is 10.7 Å². The predicted molar refractivity (Wildman–Crippen MR) is 71.2 cm³/mol. The minimum Gasteiger partial charge on any atom is -0.332 e. The first-order chi connectivity index (χ1) is 9.24. The molecule has 0 bridgehead atoms. The summed E-state index contributed by atoms with van der Waals surface area (Å²) in [7, 11) is 0. The van der Waals surface area contributed by atoms with Crippen molar-refractivity contribution in [3.8, 4) is 23.0 Å². The van der Waals surface area contributed by atoms with E-state index in [9.17, 15) is 0 Å². The highest BCUT2D eigenvalue weighted by Crippen LogP contribution is 2.25. The second-order valence-electron chi connectivity index (χ2n) is 4.02. The molecule has 6 nitrogen and oxygen atoms in total. The van der Waals surface area contributed by atoms with Gasteiger partial charge >= 0.3 is 0 Å². The molecule has 3 aromatic rings. The summed E-state index contributed by atoms with van der Waals surface area (Å²) in [5.41, 5.74) is 7.23. The van der Waals surface area contributed by atoms with Gasteiger partial charge in [0, 0.05) is 23.3 Å². The third kappa shape index (κ3) is 2.38. The molecule has 0 saturated heterocycles. The van der Waals surface area contributed by atoms with Crippen LogP contribution in [0.25, 0.3) is 23.0 Å². The molecule has 0 aliphatic rings. The number of nitrogens with zero attached hydrogens (tertiary/aromatic N) is 4. The molecule has 7 heteroatoms. The van der Waals surface area contributed by atoms with Crippen LogP contribution in [-0.4, -0.2) is 20.1 Å². The Kier molecular flexibility index (Phi) is 3.06. The molecule has 3 heterocycles. The summed E-state index contributed by atoms with van der Waals surface area (Å²) >= 11 is 1.48. The van der Waals surface area contributed by atoms with E-state index >= 15 is 0 Å². The molecule has 0 aromatic carbocycles. The first-order valence-electron chi connectivity index (χ1n) is 5.69. The van der Waals surface area contributed by atoms with Crippen molar-refractivity contribution in [1.82, 2.24) is 20.1 Å². The number of nitrogens with two attached hydrogens (primary N) is 1. The molecule has 2 N–H and O–H groups in total. The van der Waals surface area contributed by atoms with E-state index in [1.165, 1.54) is 11.3 Å². The summed E-state index contributed by atoms with van der Waals surface area (Å²) in [6, 6.07) is 3.60. The predicted octanol–water partition coefficient (Wildman–Crippen LogP) is 2.27. The van der Waals surface area contributed by atoms with E-state index in [0.717, 1.165) is 10.6 Å². The Morgan fingerprint density at radius 1 is 1.37 bits per heavy atom. The van der Waals surface area contributed by atoms with Gasteiger partial charge in [-0.15, -0.1) is 11.3 Å². The topological polar surface area (TPSA) is 90.7 Å². The van der Waals surface area contributed by atoms with Crippen molar-refractivity contribution in [2.24, 2.45) is 5.73 Å². The van der Waals surface area contributed by atoms with Gasteiger partial charge in [0.2, 0.25) is 5.82 Å². The van der Waals surface area contributed by atoms with Gasteiger partial charge in [-0.1, -0.05) is 5.16 Å². The Labute approximate surface area is 113 Å². The van der Waals surface area contributed by atoms with Crippen LogP contribution in [0, 0.1) is 0 Å². The van der Waals surface area contributed by atoms with Gasteiger partial charge in [-0.05, 0) is 19.1 Å². The van der Waals surface area contributed by atoms with Crippen LogP contribution in [0.5, 0.6) is 0 Å². The third-order valence-corrected chi connectivity index (χ3v) is 3.52. The Balaban J connectivity index is 1.92. The molecule has 3 rings (SSSR count). The second-order valence-corrected chi connectivity index (χ2v) is 4.91. The number of thiazole rings is 1. The van der Waals surface area contributed by atoms with Crippen LogP contribution >= 0.6 is 11.3 Å². The number of aromatic nitrogens is 4. The van der Waals surface area contributed by atoms with Crippen molar-refractivity contribution >= 4 is 11.3 Å². The van der Waals surface area contributed by atoms with E-state index in [1.54, 1.807) is 12.4 Å². The van der Waals surface area contributed by atoms with Crippen LogP contribution in [0.1, 0.15) is 18.0 Å². The van der Waals surface area contributed by atoms with Crippen LogP contribution in [0.15, 0.2) is 34.4 Å². The summed E-state index contributed by atoms with van der Waals surface area (Å²) in [4.78, 5) is 12.7. The summed E-state index contributed by atoms with van der Waals surface area (Å²) in [6.45, 7) is 1.89. The van der Waals surface area contributed by atoms with Gasteiger partial charge in [0.25, 0.3) is 5.89 Å². The fourth-order valence-electron chi connectivity index (χ4n) is 1.53. The van der Waals surface area contributed by atoms with E-state index < -0.39 is 0 Å². The fraction of sp³-hybridized carbons (Fsp3) is 0.167. The zero-order valence-electron chi connectivity index (χ0n) is 10.1. The fourth-order valence-corrected chi connectivity index (χ4v) is 2.29. The van der Waals surface area contributed by atoms with Crippen molar-refractivity contribution in [1.29, 1.82) is 0 Å². The van der Waals surface area contributed by atoms with Crippen LogP contribution in [0.2, 0.25) is 0 Å². The highest BCUT2D eigenvalue weighted by molar-refractivity contribution is 7.10. The van der Waals surface area contributed by atoms with E-state index in [-0.39, 0.29) is 6.04 Å². The quantitative estimate of drug-likeness (QED) is 0.787. The van der Waals surface area contributed by atoms with Gasteiger partial charge in [-0.3, -0.25) is 4.98 Å². The van der Waals surface area contributed by atoms with Gasteiger partial charge in [-0.25, -0.2) is 4.98 Å². The lowest BCUT2D eigenvalue weighted by atomic mass is 10.3. The van der Waals surface area contributed by atoms with Crippen LogP contribution in [0.3, 0.4) is 0 Å². The average molecular weight is 273 g/mol. The summed E-state index contributed by atoms with van der Waals surface area (Å²) in [6.07, 6.45) is 3.38. The van der Waals surface area contributed by atoms with Crippen LogP contribution in [0.4, 0.5) is 0 Å². The summed E-state index contributed by atoms with van der Waals surface area (Å²) < 4.78 is 5.21. The Morgan fingerprint density at radius 2 is 2.26 bits per heavy atom. The minimum atomic E-state index is -0.0977.